The highest BCUT2D eigenvalue weighted by molar-refractivity contribution is 6.00. The largest absolute Gasteiger partial charge is 0.481 e. The van der Waals surface area contributed by atoms with E-state index in [4.69, 9.17) is 4.98 Å². The number of carbonyl (C=O) groups excluding carboxylic acids is 1. The van der Waals surface area contributed by atoms with Gasteiger partial charge in [0.1, 0.15) is 5.82 Å². The van der Waals surface area contributed by atoms with Crippen molar-refractivity contribution >= 4 is 23.3 Å². The molecule has 4 rings (SSSR count). The molecule has 1 amide bonds. The highest BCUT2D eigenvalue weighted by Crippen LogP contribution is 2.29. The van der Waals surface area contributed by atoms with Crippen LogP contribution in [0.25, 0.3) is 5.65 Å². The normalized spacial score (nSPS) is 15.3. The van der Waals surface area contributed by atoms with Crippen molar-refractivity contribution in [2.45, 2.75) is 71.4 Å². The summed E-state index contributed by atoms with van der Waals surface area (Å²) in [5.41, 5.74) is 3.15. The van der Waals surface area contributed by atoms with Crippen LogP contribution in [0.4, 0.5) is 5.82 Å². The minimum atomic E-state index is -0.883. The highest BCUT2D eigenvalue weighted by Gasteiger charge is 2.28. The fourth-order valence-electron chi connectivity index (χ4n) is 5.10. The third-order valence-corrected chi connectivity index (χ3v) is 6.80. The molecule has 0 bridgehead atoms. The topological polar surface area (TPSA) is 95.7 Å². The van der Waals surface area contributed by atoms with E-state index in [1.54, 1.807) is 6.07 Å². The standard InChI is InChI=1S/C28H36N4O3/c1-19(2)16-24-27(29-18-20-10-5-3-6-11-20)32-15-9-14-22(26(32)30-24)28(35)31-23(17-25(33)34)21-12-7-4-8-13-21/h3,5-6,9-11,14-15,19,21,23,29H,4,7-8,12-13,16-18H2,1-2H3,(H,31,35)(H,33,34). The van der Waals surface area contributed by atoms with Crippen LogP contribution < -0.4 is 10.6 Å². The second-order valence-corrected chi connectivity index (χ2v) is 10.0. The fourth-order valence-corrected chi connectivity index (χ4v) is 5.10. The smallest absolute Gasteiger partial charge is 0.305 e. The van der Waals surface area contributed by atoms with E-state index in [0.29, 0.717) is 23.7 Å². The first-order chi connectivity index (χ1) is 16.9. The van der Waals surface area contributed by atoms with Crippen LogP contribution in [0.2, 0.25) is 0 Å². The summed E-state index contributed by atoms with van der Waals surface area (Å²) < 4.78 is 1.95. The number of carboxylic acids is 1. The molecule has 1 aliphatic carbocycles. The van der Waals surface area contributed by atoms with Crippen LogP contribution in [0.3, 0.4) is 0 Å². The Labute approximate surface area is 207 Å². The predicted octanol–water partition coefficient (Wildman–Crippen LogP) is 5.30. The quantitative estimate of drug-likeness (QED) is 0.369. The maximum absolute atomic E-state index is 13.4. The summed E-state index contributed by atoms with van der Waals surface area (Å²) >= 11 is 0. The summed E-state index contributed by atoms with van der Waals surface area (Å²) in [7, 11) is 0. The molecule has 35 heavy (non-hydrogen) atoms. The van der Waals surface area contributed by atoms with Gasteiger partial charge in [-0.2, -0.15) is 0 Å². The number of rotatable bonds is 10. The Morgan fingerprint density at radius 2 is 1.83 bits per heavy atom. The monoisotopic (exact) mass is 476 g/mol. The van der Waals surface area contributed by atoms with Crippen molar-refractivity contribution < 1.29 is 14.7 Å². The van der Waals surface area contributed by atoms with Gasteiger partial charge >= 0.3 is 5.97 Å². The molecule has 7 heteroatoms. The molecule has 0 spiro atoms. The second-order valence-electron chi connectivity index (χ2n) is 10.0. The first-order valence-electron chi connectivity index (χ1n) is 12.7. The van der Waals surface area contributed by atoms with Gasteiger partial charge in [-0.3, -0.25) is 14.0 Å². The summed E-state index contributed by atoms with van der Waals surface area (Å²) in [6, 6.07) is 13.4. The molecule has 2 aromatic heterocycles. The van der Waals surface area contributed by atoms with Crippen LogP contribution >= 0.6 is 0 Å². The van der Waals surface area contributed by atoms with Gasteiger partial charge in [0.25, 0.3) is 5.91 Å². The number of carboxylic acid groups (broad SMARTS) is 1. The fraction of sp³-hybridized carbons (Fsp3) is 0.464. The van der Waals surface area contributed by atoms with Crippen molar-refractivity contribution in [2.24, 2.45) is 11.8 Å². The average Bonchev–Trinajstić information content (AvgIpc) is 3.19. The number of aromatic nitrogens is 2. The van der Waals surface area contributed by atoms with E-state index in [2.05, 4.69) is 36.6 Å². The molecule has 2 heterocycles. The molecule has 3 aromatic rings. The number of fused-ring (bicyclic) bond motifs is 1. The zero-order valence-electron chi connectivity index (χ0n) is 20.7. The first kappa shape index (κ1) is 24.8. The lowest BCUT2D eigenvalue weighted by Gasteiger charge is -2.30. The molecule has 1 fully saturated rings. The number of nitrogens with one attached hydrogen (secondary N) is 2. The molecule has 0 aliphatic heterocycles. The van der Waals surface area contributed by atoms with Crippen molar-refractivity contribution in [3.8, 4) is 0 Å². The SMILES string of the molecule is CC(C)Cc1nc2c(C(=O)NC(CC(=O)O)C3CCCCC3)cccn2c1NCc1ccccc1. The van der Waals surface area contributed by atoms with Crippen molar-refractivity contribution in [3.05, 3.63) is 65.5 Å². The molecule has 1 unspecified atom stereocenters. The molecule has 3 N–H and O–H groups in total. The summed E-state index contributed by atoms with van der Waals surface area (Å²) in [5, 5.41) is 16.1. The highest BCUT2D eigenvalue weighted by atomic mass is 16.4. The number of benzene rings is 1. The number of nitrogens with zero attached hydrogens (tertiary/aromatic N) is 2. The van der Waals surface area contributed by atoms with Gasteiger partial charge in [-0.25, -0.2) is 4.98 Å². The molecular weight excluding hydrogens is 440 g/mol. The Morgan fingerprint density at radius 1 is 1.09 bits per heavy atom. The number of anilines is 1. The number of carbonyl (C=O) groups is 2. The van der Waals surface area contributed by atoms with Crippen molar-refractivity contribution in [2.75, 3.05) is 5.32 Å². The maximum atomic E-state index is 13.4. The number of hydrogen-bond donors (Lipinski definition) is 3. The van der Waals surface area contributed by atoms with Crippen LogP contribution in [-0.4, -0.2) is 32.4 Å². The Morgan fingerprint density at radius 3 is 2.51 bits per heavy atom. The van der Waals surface area contributed by atoms with E-state index in [1.807, 2.05) is 34.9 Å². The van der Waals surface area contributed by atoms with Crippen molar-refractivity contribution in [1.29, 1.82) is 0 Å². The summed E-state index contributed by atoms with van der Waals surface area (Å²) in [6.45, 7) is 4.96. The van der Waals surface area contributed by atoms with Crippen molar-refractivity contribution in [1.82, 2.24) is 14.7 Å². The number of amides is 1. The van der Waals surface area contributed by atoms with E-state index in [1.165, 1.54) is 6.42 Å². The third-order valence-electron chi connectivity index (χ3n) is 6.80. The van der Waals surface area contributed by atoms with E-state index in [9.17, 15) is 14.7 Å². The Bertz CT molecular complexity index is 1150. The minimum absolute atomic E-state index is 0.0591. The molecule has 7 nitrogen and oxygen atoms in total. The number of aliphatic carboxylic acids is 1. The van der Waals surface area contributed by atoms with Gasteiger partial charge in [0.2, 0.25) is 0 Å². The number of pyridine rings is 1. The maximum Gasteiger partial charge on any atom is 0.305 e. The summed E-state index contributed by atoms with van der Waals surface area (Å²) in [4.78, 5) is 29.9. The molecule has 1 saturated carbocycles. The van der Waals surface area contributed by atoms with E-state index in [-0.39, 0.29) is 24.3 Å². The molecular formula is C28H36N4O3. The Balaban J connectivity index is 1.63. The Kier molecular flexibility index (Phi) is 8.06. The lowest BCUT2D eigenvalue weighted by atomic mass is 9.82. The molecule has 0 saturated heterocycles. The van der Waals surface area contributed by atoms with E-state index in [0.717, 1.165) is 49.2 Å². The zero-order valence-corrected chi connectivity index (χ0v) is 20.7. The predicted molar refractivity (Wildman–Crippen MR) is 138 cm³/mol. The summed E-state index contributed by atoms with van der Waals surface area (Å²) in [5.74, 6) is 0.347. The minimum Gasteiger partial charge on any atom is -0.481 e. The second kappa shape index (κ2) is 11.4. The van der Waals surface area contributed by atoms with Gasteiger partial charge < -0.3 is 15.7 Å². The van der Waals surface area contributed by atoms with E-state index < -0.39 is 5.97 Å². The van der Waals surface area contributed by atoms with Crippen molar-refractivity contribution in [3.63, 3.8) is 0 Å². The lowest BCUT2D eigenvalue weighted by Crippen LogP contribution is -2.42. The zero-order chi connectivity index (χ0) is 24.8. The van der Waals surface area contributed by atoms with Gasteiger partial charge in [-0.1, -0.05) is 63.4 Å². The molecule has 1 aliphatic rings. The first-order valence-corrected chi connectivity index (χ1v) is 12.7. The number of imidazole rings is 1. The van der Waals surface area contributed by atoms with Gasteiger partial charge in [0.05, 0.1) is 17.7 Å². The average molecular weight is 477 g/mol. The van der Waals surface area contributed by atoms with Crippen LogP contribution in [0.15, 0.2) is 48.7 Å². The molecule has 186 valence electrons. The molecule has 1 aromatic carbocycles. The van der Waals surface area contributed by atoms with Gasteiger partial charge in [0.15, 0.2) is 5.65 Å². The number of hydrogen-bond acceptors (Lipinski definition) is 4. The Hall–Kier alpha value is -3.35. The van der Waals surface area contributed by atoms with Gasteiger partial charge in [0, 0.05) is 18.8 Å². The van der Waals surface area contributed by atoms with Gasteiger partial charge in [-0.15, -0.1) is 0 Å². The molecule has 1 atom stereocenters. The van der Waals surface area contributed by atoms with Crippen LogP contribution in [-0.2, 0) is 17.8 Å². The summed E-state index contributed by atoms with van der Waals surface area (Å²) in [6.07, 6.45) is 7.90. The lowest BCUT2D eigenvalue weighted by molar-refractivity contribution is -0.137. The van der Waals surface area contributed by atoms with Crippen LogP contribution in [0.1, 0.15) is 74.0 Å². The molecule has 0 radical (unpaired) electrons. The van der Waals surface area contributed by atoms with Crippen LogP contribution in [0, 0.1) is 11.8 Å². The van der Waals surface area contributed by atoms with Gasteiger partial charge in [-0.05, 0) is 48.8 Å². The van der Waals surface area contributed by atoms with Crippen LogP contribution in [0.5, 0.6) is 0 Å². The third kappa shape index (κ3) is 6.21. The van der Waals surface area contributed by atoms with E-state index >= 15 is 0 Å².